The second kappa shape index (κ2) is 12.0. The fourth-order valence-corrected chi connectivity index (χ4v) is 5.55. The molecule has 0 bridgehead atoms. The maximum atomic E-state index is 12.6. The Kier molecular flexibility index (Phi) is 8.76. The number of halogens is 2. The SMILES string of the molecule is C=CCc1cc(/C=C2\S[C@H](Nc3ccc(CC)cc3)NC2=O)cc(Br)c1OCc1ccc(Br)cc1. The second-order valence-corrected chi connectivity index (χ2v) is 11.0. The minimum atomic E-state index is -0.217. The van der Waals surface area contributed by atoms with Gasteiger partial charge in [0.1, 0.15) is 12.4 Å². The van der Waals surface area contributed by atoms with Gasteiger partial charge in [-0.15, -0.1) is 6.58 Å². The first-order chi connectivity index (χ1) is 16.9. The van der Waals surface area contributed by atoms with Crippen LogP contribution >= 0.6 is 43.6 Å². The van der Waals surface area contributed by atoms with Gasteiger partial charge < -0.3 is 15.4 Å². The predicted molar refractivity (Wildman–Crippen MR) is 153 cm³/mol. The summed E-state index contributed by atoms with van der Waals surface area (Å²) in [5.74, 6) is 0.697. The van der Waals surface area contributed by atoms with Crippen molar-refractivity contribution in [3.05, 3.63) is 109 Å². The molecule has 7 heteroatoms. The standard InChI is InChI=1S/C28H26Br2N2O2S/c1-3-5-21-14-20(15-24(30)26(21)34-17-19-6-10-22(29)11-7-19)16-25-27(33)32-28(35-25)31-23-12-8-18(4-2)9-13-23/h3,6-16,28,31H,1,4-5,17H2,2H3,(H,32,33)/b25-16-/t28-/m1/s1. The third-order valence-corrected chi connectivity index (χ3v) is 7.64. The highest BCUT2D eigenvalue weighted by Crippen LogP contribution is 2.35. The van der Waals surface area contributed by atoms with Crippen LogP contribution in [0.3, 0.4) is 0 Å². The van der Waals surface area contributed by atoms with Crippen molar-refractivity contribution in [3.8, 4) is 5.75 Å². The molecule has 1 amide bonds. The number of ether oxygens (including phenoxy) is 1. The summed E-state index contributed by atoms with van der Waals surface area (Å²) >= 11 is 8.60. The highest BCUT2D eigenvalue weighted by atomic mass is 79.9. The van der Waals surface area contributed by atoms with Crippen molar-refractivity contribution in [1.82, 2.24) is 5.32 Å². The molecule has 35 heavy (non-hydrogen) atoms. The summed E-state index contributed by atoms with van der Waals surface area (Å²) in [7, 11) is 0. The summed E-state index contributed by atoms with van der Waals surface area (Å²) in [6, 6.07) is 20.4. The van der Waals surface area contributed by atoms with Crippen LogP contribution in [0.25, 0.3) is 6.08 Å². The first-order valence-corrected chi connectivity index (χ1v) is 13.8. The van der Waals surface area contributed by atoms with Crippen molar-refractivity contribution in [3.63, 3.8) is 0 Å². The van der Waals surface area contributed by atoms with E-state index in [1.54, 1.807) is 0 Å². The Hall–Kier alpha value is -2.48. The number of aryl methyl sites for hydroxylation is 1. The van der Waals surface area contributed by atoms with Gasteiger partial charge in [0.05, 0.1) is 9.38 Å². The van der Waals surface area contributed by atoms with Crippen LogP contribution in [0.2, 0.25) is 0 Å². The number of amides is 1. The first-order valence-electron chi connectivity index (χ1n) is 11.3. The van der Waals surface area contributed by atoms with Gasteiger partial charge in [-0.05, 0) is 93.5 Å². The topological polar surface area (TPSA) is 50.4 Å². The highest BCUT2D eigenvalue weighted by molar-refractivity contribution is 9.10. The lowest BCUT2D eigenvalue weighted by Gasteiger charge is -2.14. The quantitative estimate of drug-likeness (QED) is 0.192. The molecular weight excluding hydrogens is 588 g/mol. The van der Waals surface area contributed by atoms with E-state index in [0.717, 1.165) is 43.5 Å². The molecule has 1 aliphatic rings. The Morgan fingerprint density at radius 2 is 1.80 bits per heavy atom. The summed E-state index contributed by atoms with van der Waals surface area (Å²) < 4.78 is 8.04. The van der Waals surface area contributed by atoms with Gasteiger partial charge in [0.25, 0.3) is 5.91 Å². The van der Waals surface area contributed by atoms with Gasteiger partial charge in [-0.3, -0.25) is 4.79 Å². The van der Waals surface area contributed by atoms with Crippen molar-refractivity contribution in [2.45, 2.75) is 31.9 Å². The molecule has 3 aromatic rings. The molecule has 180 valence electrons. The van der Waals surface area contributed by atoms with E-state index in [2.05, 4.69) is 74.2 Å². The second-order valence-electron chi connectivity index (χ2n) is 8.07. The molecule has 1 saturated heterocycles. The Labute approximate surface area is 227 Å². The van der Waals surface area contributed by atoms with E-state index in [4.69, 9.17) is 4.74 Å². The lowest BCUT2D eigenvalue weighted by molar-refractivity contribution is -0.116. The number of carbonyl (C=O) groups excluding carboxylic acids is 1. The zero-order valence-electron chi connectivity index (χ0n) is 19.3. The van der Waals surface area contributed by atoms with Crippen LogP contribution in [-0.4, -0.2) is 11.4 Å². The molecule has 1 heterocycles. The summed E-state index contributed by atoms with van der Waals surface area (Å²) in [5, 5.41) is 6.37. The lowest BCUT2D eigenvalue weighted by atomic mass is 10.1. The van der Waals surface area contributed by atoms with Crippen molar-refractivity contribution in [1.29, 1.82) is 0 Å². The average molecular weight is 614 g/mol. The van der Waals surface area contributed by atoms with Crippen LogP contribution in [0.5, 0.6) is 5.75 Å². The van der Waals surface area contributed by atoms with Crippen LogP contribution in [0.1, 0.15) is 29.2 Å². The fraction of sp³-hybridized carbons (Fsp3) is 0.179. The van der Waals surface area contributed by atoms with Gasteiger partial charge in [-0.1, -0.05) is 65.0 Å². The predicted octanol–water partition coefficient (Wildman–Crippen LogP) is 7.68. The van der Waals surface area contributed by atoms with E-state index in [1.807, 2.05) is 54.6 Å². The number of nitrogens with one attached hydrogen (secondary N) is 2. The maximum Gasteiger partial charge on any atom is 0.260 e. The van der Waals surface area contributed by atoms with Gasteiger partial charge >= 0.3 is 0 Å². The van der Waals surface area contributed by atoms with Crippen LogP contribution in [0.15, 0.2) is 87.2 Å². The summed E-state index contributed by atoms with van der Waals surface area (Å²) in [6.07, 6.45) is 5.42. The van der Waals surface area contributed by atoms with Crippen molar-refractivity contribution >= 4 is 61.3 Å². The molecule has 2 N–H and O–H groups in total. The Balaban J connectivity index is 1.49. The van der Waals surface area contributed by atoms with E-state index in [9.17, 15) is 4.79 Å². The average Bonchev–Trinajstić information content (AvgIpc) is 3.18. The van der Waals surface area contributed by atoms with Crippen LogP contribution in [0, 0.1) is 0 Å². The summed E-state index contributed by atoms with van der Waals surface area (Å²) in [4.78, 5) is 13.3. The van der Waals surface area contributed by atoms with Gasteiger partial charge in [0.2, 0.25) is 0 Å². The fourth-order valence-electron chi connectivity index (χ4n) is 3.67. The maximum absolute atomic E-state index is 12.6. The smallest absolute Gasteiger partial charge is 0.260 e. The minimum Gasteiger partial charge on any atom is -0.487 e. The minimum absolute atomic E-state index is 0.0883. The molecule has 0 aliphatic carbocycles. The number of hydrogen-bond donors (Lipinski definition) is 2. The van der Waals surface area contributed by atoms with Gasteiger partial charge in [0.15, 0.2) is 5.50 Å². The molecule has 0 spiro atoms. The van der Waals surface area contributed by atoms with Crippen LogP contribution < -0.4 is 15.4 Å². The number of allylic oxidation sites excluding steroid dienone is 1. The molecule has 4 rings (SSSR count). The highest BCUT2D eigenvalue weighted by Gasteiger charge is 2.27. The third kappa shape index (κ3) is 6.81. The Morgan fingerprint density at radius 3 is 2.49 bits per heavy atom. The first kappa shape index (κ1) is 25.6. The number of carbonyl (C=O) groups is 1. The molecule has 4 nitrogen and oxygen atoms in total. The molecule has 0 saturated carbocycles. The molecule has 1 aliphatic heterocycles. The number of hydrogen-bond acceptors (Lipinski definition) is 4. The van der Waals surface area contributed by atoms with Crippen molar-refractivity contribution in [2.75, 3.05) is 5.32 Å². The molecule has 0 radical (unpaired) electrons. The van der Waals surface area contributed by atoms with Gasteiger partial charge in [-0.2, -0.15) is 0 Å². The lowest BCUT2D eigenvalue weighted by Crippen LogP contribution is -2.30. The summed E-state index contributed by atoms with van der Waals surface area (Å²) in [6.45, 7) is 6.48. The molecule has 0 unspecified atom stereocenters. The molecule has 1 fully saturated rings. The van der Waals surface area contributed by atoms with Crippen LogP contribution in [0.4, 0.5) is 5.69 Å². The Bertz CT molecular complexity index is 1240. The van der Waals surface area contributed by atoms with Crippen molar-refractivity contribution in [2.24, 2.45) is 0 Å². The van der Waals surface area contributed by atoms with E-state index in [-0.39, 0.29) is 11.4 Å². The number of benzene rings is 3. The largest absolute Gasteiger partial charge is 0.487 e. The molecule has 3 aromatic carbocycles. The zero-order valence-corrected chi connectivity index (χ0v) is 23.3. The zero-order chi connectivity index (χ0) is 24.8. The summed E-state index contributed by atoms with van der Waals surface area (Å²) in [5.41, 5.74) is 5.06. The monoisotopic (exact) mass is 612 g/mol. The Morgan fingerprint density at radius 1 is 1.09 bits per heavy atom. The molecule has 1 atom stereocenters. The number of anilines is 1. The van der Waals surface area contributed by atoms with E-state index in [1.165, 1.54) is 17.3 Å². The number of thioether (sulfide) groups is 1. The van der Waals surface area contributed by atoms with Crippen LogP contribution in [-0.2, 0) is 24.2 Å². The molecular formula is C28H26Br2N2O2S. The molecule has 0 aromatic heterocycles. The normalized spacial score (nSPS) is 16.3. The van der Waals surface area contributed by atoms with Gasteiger partial charge in [-0.25, -0.2) is 0 Å². The van der Waals surface area contributed by atoms with E-state index in [0.29, 0.717) is 17.9 Å². The third-order valence-electron chi connectivity index (χ3n) is 5.49. The van der Waals surface area contributed by atoms with Gasteiger partial charge in [0, 0.05) is 10.2 Å². The van der Waals surface area contributed by atoms with E-state index >= 15 is 0 Å². The number of rotatable bonds is 9. The van der Waals surface area contributed by atoms with E-state index < -0.39 is 0 Å². The van der Waals surface area contributed by atoms with Crippen molar-refractivity contribution < 1.29 is 9.53 Å².